The fraction of sp³-hybridized carbons (Fsp3) is 0.500. The molecule has 152 valence electrons. The minimum absolute atomic E-state index is 0.753. The normalized spacial score (nSPS) is 19.0. The molecule has 0 spiro atoms. The number of methoxy groups -OCH3 is 1. The molecule has 5 heterocycles. The zero-order valence-corrected chi connectivity index (χ0v) is 17.7. The van der Waals surface area contributed by atoms with Gasteiger partial charge >= 0.3 is 0 Å². The highest BCUT2D eigenvalue weighted by Crippen LogP contribution is 2.35. The first-order valence-electron chi connectivity index (χ1n) is 10.6. The van der Waals surface area contributed by atoms with Crippen molar-refractivity contribution in [1.29, 1.82) is 0 Å². The van der Waals surface area contributed by atoms with Crippen LogP contribution in [0.1, 0.15) is 32.1 Å². The highest BCUT2D eigenvalue weighted by atomic mass is 32.1. The maximum atomic E-state index is 5.48. The minimum atomic E-state index is 0.753. The van der Waals surface area contributed by atoms with Crippen LogP contribution in [0.4, 0.5) is 5.13 Å². The SMILES string of the molecule is COc1ccncc1-c1cnc2nc(N3CCC(N4CCCCC4)CC3)sc2c1. The van der Waals surface area contributed by atoms with Crippen molar-refractivity contribution < 1.29 is 4.74 Å². The summed E-state index contributed by atoms with van der Waals surface area (Å²) < 4.78 is 6.59. The molecule has 0 radical (unpaired) electrons. The van der Waals surface area contributed by atoms with Crippen LogP contribution in [0.15, 0.2) is 30.7 Å². The van der Waals surface area contributed by atoms with Crippen LogP contribution in [0, 0.1) is 0 Å². The molecule has 0 N–H and O–H groups in total. The van der Waals surface area contributed by atoms with Gasteiger partial charge in [-0.05, 0) is 50.9 Å². The van der Waals surface area contributed by atoms with E-state index in [-0.39, 0.29) is 0 Å². The highest BCUT2D eigenvalue weighted by Gasteiger charge is 2.27. The van der Waals surface area contributed by atoms with Crippen molar-refractivity contribution in [2.45, 2.75) is 38.1 Å². The largest absolute Gasteiger partial charge is 0.496 e. The molecule has 2 fully saturated rings. The molecule has 29 heavy (non-hydrogen) atoms. The van der Waals surface area contributed by atoms with Gasteiger partial charge in [-0.25, -0.2) is 4.98 Å². The van der Waals surface area contributed by atoms with Crippen molar-refractivity contribution in [1.82, 2.24) is 19.9 Å². The minimum Gasteiger partial charge on any atom is -0.496 e. The number of hydrogen-bond donors (Lipinski definition) is 0. The summed E-state index contributed by atoms with van der Waals surface area (Å²) in [6, 6.07) is 4.79. The van der Waals surface area contributed by atoms with Gasteiger partial charge in [0.05, 0.1) is 11.8 Å². The number of pyridine rings is 2. The summed E-state index contributed by atoms with van der Waals surface area (Å²) in [6.07, 6.45) is 12.1. The number of aromatic nitrogens is 3. The van der Waals surface area contributed by atoms with E-state index in [2.05, 4.69) is 25.8 Å². The van der Waals surface area contributed by atoms with E-state index in [0.29, 0.717) is 0 Å². The molecule has 0 unspecified atom stereocenters. The fourth-order valence-electron chi connectivity index (χ4n) is 4.57. The average molecular weight is 410 g/mol. The van der Waals surface area contributed by atoms with Crippen molar-refractivity contribution in [3.63, 3.8) is 0 Å². The number of hydrogen-bond acceptors (Lipinski definition) is 7. The van der Waals surface area contributed by atoms with Gasteiger partial charge in [0.1, 0.15) is 5.75 Å². The van der Waals surface area contributed by atoms with Gasteiger partial charge in [-0.1, -0.05) is 17.8 Å². The maximum Gasteiger partial charge on any atom is 0.188 e. The predicted molar refractivity (Wildman–Crippen MR) is 118 cm³/mol. The Morgan fingerprint density at radius 1 is 1.07 bits per heavy atom. The topological polar surface area (TPSA) is 54.4 Å². The van der Waals surface area contributed by atoms with Crippen LogP contribution in [0.3, 0.4) is 0 Å². The fourth-order valence-corrected chi connectivity index (χ4v) is 5.59. The second-order valence-electron chi connectivity index (χ2n) is 7.93. The molecule has 0 aliphatic carbocycles. The van der Waals surface area contributed by atoms with E-state index < -0.39 is 0 Å². The average Bonchev–Trinajstić information content (AvgIpc) is 3.23. The zero-order valence-electron chi connectivity index (χ0n) is 16.9. The molecule has 2 aliphatic rings. The Labute approximate surface area is 175 Å². The summed E-state index contributed by atoms with van der Waals surface area (Å²) in [5.74, 6) is 0.811. The van der Waals surface area contributed by atoms with Crippen LogP contribution >= 0.6 is 11.3 Å². The van der Waals surface area contributed by atoms with E-state index in [4.69, 9.17) is 9.72 Å². The van der Waals surface area contributed by atoms with Gasteiger partial charge < -0.3 is 14.5 Å². The third-order valence-electron chi connectivity index (χ3n) is 6.19. The first kappa shape index (κ1) is 18.8. The van der Waals surface area contributed by atoms with Gasteiger partial charge in [0.2, 0.25) is 0 Å². The predicted octanol–water partition coefficient (Wildman–Crippen LogP) is 4.22. The van der Waals surface area contributed by atoms with Crippen LogP contribution in [0.2, 0.25) is 0 Å². The summed E-state index contributed by atoms with van der Waals surface area (Å²) >= 11 is 1.74. The standard InChI is InChI=1S/C22H27N5OS/c1-28-19-5-8-23-15-18(19)16-13-20-21(24-14-16)25-22(29-20)27-11-6-17(7-12-27)26-9-3-2-4-10-26/h5,8,13-15,17H,2-4,6-7,9-12H2,1H3. The summed E-state index contributed by atoms with van der Waals surface area (Å²) in [7, 11) is 1.68. The number of piperidine rings is 2. The van der Waals surface area contributed by atoms with E-state index >= 15 is 0 Å². The highest BCUT2D eigenvalue weighted by molar-refractivity contribution is 7.22. The molecule has 3 aromatic rings. The van der Waals surface area contributed by atoms with Crippen molar-refractivity contribution >= 4 is 26.8 Å². The number of ether oxygens (including phenoxy) is 1. The van der Waals surface area contributed by atoms with Gasteiger partial charge in [-0.3, -0.25) is 4.98 Å². The van der Waals surface area contributed by atoms with Gasteiger partial charge in [0, 0.05) is 48.8 Å². The van der Waals surface area contributed by atoms with Crippen molar-refractivity contribution in [3.8, 4) is 16.9 Å². The molecule has 0 aromatic carbocycles. The second-order valence-corrected chi connectivity index (χ2v) is 8.94. The van der Waals surface area contributed by atoms with Gasteiger partial charge in [0.15, 0.2) is 10.8 Å². The van der Waals surface area contributed by atoms with Crippen molar-refractivity contribution in [3.05, 3.63) is 30.7 Å². The Hall–Kier alpha value is -2.25. The number of thiazole rings is 1. The van der Waals surface area contributed by atoms with Crippen LogP contribution in [-0.4, -0.2) is 59.2 Å². The van der Waals surface area contributed by atoms with E-state index in [0.717, 1.165) is 51.5 Å². The first-order valence-corrected chi connectivity index (χ1v) is 11.4. The zero-order chi connectivity index (χ0) is 19.6. The van der Waals surface area contributed by atoms with Gasteiger partial charge in [-0.15, -0.1) is 0 Å². The number of rotatable bonds is 4. The van der Waals surface area contributed by atoms with E-state index in [1.54, 1.807) is 24.6 Å². The third-order valence-corrected chi connectivity index (χ3v) is 7.24. The van der Waals surface area contributed by atoms with E-state index in [9.17, 15) is 0 Å². The second kappa shape index (κ2) is 8.24. The number of nitrogens with zero attached hydrogens (tertiary/aromatic N) is 5. The van der Waals surface area contributed by atoms with E-state index in [1.807, 2.05) is 18.5 Å². The summed E-state index contributed by atoms with van der Waals surface area (Å²) in [4.78, 5) is 18.8. The Bertz CT molecular complexity index is 976. The first-order chi connectivity index (χ1) is 14.3. The maximum absolute atomic E-state index is 5.48. The lowest BCUT2D eigenvalue weighted by atomic mass is 10.0. The van der Waals surface area contributed by atoms with E-state index in [1.165, 1.54) is 45.2 Å². The Morgan fingerprint density at radius 3 is 2.69 bits per heavy atom. The lowest BCUT2D eigenvalue weighted by molar-refractivity contribution is 0.141. The smallest absolute Gasteiger partial charge is 0.188 e. The Kier molecular flexibility index (Phi) is 5.33. The molecular weight excluding hydrogens is 382 g/mol. The molecule has 5 rings (SSSR count). The lowest BCUT2D eigenvalue weighted by Gasteiger charge is -2.40. The molecule has 0 saturated carbocycles. The third kappa shape index (κ3) is 3.81. The number of fused-ring (bicyclic) bond motifs is 1. The van der Waals surface area contributed by atoms with Crippen LogP contribution in [-0.2, 0) is 0 Å². The molecule has 3 aromatic heterocycles. The lowest BCUT2D eigenvalue weighted by Crippen LogP contribution is -2.46. The summed E-state index contributed by atoms with van der Waals surface area (Å²) in [5, 5.41) is 1.10. The number of anilines is 1. The van der Waals surface area contributed by atoms with Crippen molar-refractivity contribution in [2.75, 3.05) is 38.2 Å². The van der Waals surface area contributed by atoms with Crippen LogP contribution in [0.5, 0.6) is 5.75 Å². The molecule has 6 nitrogen and oxygen atoms in total. The van der Waals surface area contributed by atoms with Crippen LogP contribution < -0.4 is 9.64 Å². The molecule has 0 amide bonds. The Morgan fingerprint density at radius 2 is 1.90 bits per heavy atom. The molecule has 2 saturated heterocycles. The van der Waals surface area contributed by atoms with Gasteiger partial charge in [-0.2, -0.15) is 4.98 Å². The number of likely N-dealkylation sites (tertiary alicyclic amines) is 1. The van der Waals surface area contributed by atoms with Crippen molar-refractivity contribution in [2.24, 2.45) is 0 Å². The summed E-state index contributed by atoms with van der Waals surface area (Å²) in [6.45, 7) is 4.75. The summed E-state index contributed by atoms with van der Waals surface area (Å²) in [5.41, 5.74) is 2.80. The molecular formula is C22H27N5OS. The quantitative estimate of drug-likeness (QED) is 0.643. The molecule has 0 bridgehead atoms. The van der Waals surface area contributed by atoms with Gasteiger partial charge in [0.25, 0.3) is 0 Å². The monoisotopic (exact) mass is 409 g/mol. The van der Waals surface area contributed by atoms with Crippen LogP contribution in [0.25, 0.3) is 21.5 Å². The molecule has 7 heteroatoms. The molecule has 2 aliphatic heterocycles. The molecule has 0 atom stereocenters. The Balaban J connectivity index is 1.33.